The van der Waals surface area contributed by atoms with Gasteiger partial charge in [-0.1, -0.05) is 0 Å². The summed E-state index contributed by atoms with van der Waals surface area (Å²) in [5, 5.41) is 3.87. The lowest BCUT2D eigenvalue weighted by Gasteiger charge is -2.07. The van der Waals surface area contributed by atoms with Gasteiger partial charge in [-0.15, -0.1) is 0 Å². The smallest absolute Gasteiger partial charge is 0.362 e. The molecule has 0 spiro atoms. The molecule has 0 N–H and O–H groups in total. The van der Waals surface area contributed by atoms with Gasteiger partial charge in [0.05, 0.1) is 17.3 Å². The van der Waals surface area contributed by atoms with Crippen molar-refractivity contribution in [1.82, 2.24) is 9.78 Å². The lowest BCUT2D eigenvalue weighted by Crippen LogP contribution is -2.21. The molecule has 2 aromatic rings. The van der Waals surface area contributed by atoms with Crippen LogP contribution in [0, 0.1) is 5.82 Å². The van der Waals surface area contributed by atoms with Gasteiger partial charge in [-0.05, 0) is 34.1 Å². The van der Waals surface area contributed by atoms with E-state index in [2.05, 4.69) is 25.8 Å². The van der Waals surface area contributed by atoms with E-state index in [0.717, 1.165) is 7.11 Å². The predicted molar refractivity (Wildman–Crippen MR) is 68.8 cm³/mol. The molecule has 0 fully saturated rings. The Bertz CT molecular complexity index is 700. The highest BCUT2D eigenvalue weighted by atomic mass is 79.9. The highest BCUT2D eigenvalue weighted by Gasteiger charge is 2.13. The van der Waals surface area contributed by atoms with Crippen LogP contribution in [0.1, 0.15) is 10.5 Å². The third-order valence-corrected chi connectivity index (χ3v) is 2.96. The molecule has 0 radical (unpaired) electrons. The third kappa shape index (κ3) is 2.70. The standard InChI is InChI=1S/C12H8BrFN2O3/c1-19-12(18)11-10(17)4-5-16(15-11)7-2-3-9(14)8(13)6-7/h2-6H,1H3. The molecule has 1 heterocycles. The fraction of sp³-hybridized carbons (Fsp3) is 0.0833. The molecule has 0 aliphatic carbocycles. The van der Waals surface area contributed by atoms with Crippen LogP contribution in [0.2, 0.25) is 0 Å². The highest BCUT2D eigenvalue weighted by molar-refractivity contribution is 9.10. The van der Waals surface area contributed by atoms with E-state index in [1.165, 1.54) is 35.1 Å². The molecule has 7 heteroatoms. The molecule has 5 nitrogen and oxygen atoms in total. The summed E-state index contributed by atoms with van der Waals surface area (Å²) < 4.78 is 19.2. The fourth-order valence-electron chi connectivity index (χ4n) is 1.42. The Hall–Kier alpha value is -2.02. The lowest BCUT2D eigenvalue weighted by atomic mass is 10.3. The third-order valence-electron chi connectivity index (χ3n) is 2.35. The van der Waals surface area contributed by atoms with Crippen molar-refractivity contribution in [3.63, 3.8) is 0 Å². The maximum absolute atomic E-state index is 13.1. The van der Waals surface area contributed by atoms with E-state index in [0.29, 0.717) is 5.69 Å². The Morgan fingerprint density at radius 1 is 1.42 bits per heavy atom. The van der Waals surface area contributed by atoms with Crippen molar-refractivity contribution in [3.8, 4) is 5.69 Å². The number of halogens is 2. The summed E-state index contributed by atoms with van der Waals surface area (Å²) in [7, 11) is 1.16. The number of benzene rings is 1. The molecule has 0 saturated carbocycles. The molecular formula is C12H8BrFN2O3. The number of carbonyl (C=O) groups excluding carboxylic acids is 1. The SMILES string of the molecule is COC(=O)c1nn(-c2ccc(F)c(Br)c2)ccc1=O. The summed E-state index contributed by atoms with van der Waals surface area (Å²) in [5.74, 6) is -1.24. The van der Waals surface area contributed by atoms with Gasteiger partial charge in [0.2, 0.25) is 11.1 Å². The molecule has 0 aliphatic heterocycles. The Labute approximate surface area is 115 Å². The van der Waals surface area contributed by atoms with Crippen LogP contribution in [0.3, 0.4) is 0 Å². The van der Waals surface area contributed by atoms with E-state index >= 15 is 0 Å². The Morgan fingerprint density at radius 2 is 2.16 bits per heavy atom. The van der Waals surface area contributed by atoms with Crippen molar-refractivity contribution in [2.75, 3.05) is 7.11 Å². The van der Waals surface area contributed by atoms with Gasteiger partial charge < -0.3 is 4.74 Å². The Balaban J connectivity index is 2.54. The van der Waals surface area contributed by atoms with Crippen molar-refractivity contribution in [3.05, 3.63) is 56.7 Å². The van der Waals surface area contributed by atoms with Crippen molar-refractivity contribution < 1.29 is 13.9 Å². The second-order valence-corrected chi connectivity index (χ2v) is 4.42. The summed E-state index contributed by atoms with van der Waals surface area (Å²) in [5.41, 5.74) is -0.367. The van der Waals surface area contributed by atoms with E-state index in [1.807, 2.05) is 0 Å². The average molecular weight is 327 g/mol. The van der Waals surface area contributed by atoms with Crippen LogP contribution in [0.5, 0.6) is 0 Å². The zero-order valence-corrected chi connectivity index (χ0v) is 11.3. The highest BCUT2D eigenvalue weighted by Crippen LogP contribution is 2.18. The van der Waals surface area contributed by atoms with E-state index < -0.39 is 17.2 Å². The number of methoxy groups -OCH3 is 1. The summed E-state index contributed by atoms with van der Waals surface area (Å²) in [6.45, 7) is 0. The number of hydrogen-bond donors (Lipinski definition) is 0. The van der Waals surface area contributed by atoms with Crippen LogP contribution in [0.4, 0.5) is 4.39 Å². The second-order valence-electron chi connectivity index (χ2n) is 3.56. The molecule has 0 amide bonds. The maximum Gasteiger partial charge on any atom is 0.362 e. The van der Waals surface area contributed by atoms with Crippen molar-refractivity contribution in [2.24, 2.45) is 0 Å². The van der Waals surface area contributed by atoms with Crippen LogP contribution < -0.4 is 5.43 Å². The molecular weight excluding hydrogens is 319 g/mol. The first-order valence-electron chi connectivity index (χ1n) is 5.16. The van der Waals surface area contributed by atoms with E-state index in [1.54, 1.807) is 0 Å². The minimum absolute atomic E-state index is 0.255. The zero-order chi connectivity index (χ0) is 14.0. The molecule has 0 unspecified atom stereocenters. The van der Waals surface area contributed by atoms with Gasteiger partial charge in [-0.2, -0.15) is 5.10 Å². The molecule has 1 aromatic carbocycles. The van der Waals surface area contributed by atoms with Crippen molar-refractivity contribution >= 4 is 21.9 Å². The summed E-state index contributed by atoms with van der Waals surface area (Å²) in [4.78, 5) is 22.8. The Morgan fingerprint density at radius 3 is 2.79 bits per heavy atom. The van der Waals surface area contributed by atoms with Crippen LogP contribution in [0.15, 0.2) is 39.7 Å². The van der Waals surface area contributed by atoms with E-state index in [-0.39, 0.29) is 10.2 Å². The topological polar surface area (TPSA) is 61.2 Å². The first kappa shape index (κ1) is 13.4. The Kier molecular flexibility index (Phi) is 3.75. The lowest BCUT2D eigenvalue weighted by molar-refractivity contribution is 0.0590. The van der Waals surface area contributed by atoms with Crippen molar-refractivity contribution in [1.29, 1.82) is 0 Å². The predicted octanol–water partition coefficient (Wildman–Crippen LogP) is 1.92. The number of hydrogen-bond acceptors (Lipinski definition) is 4. The molecule has 0 aliphatic rings. The molecule has 0 saturated heterocycles. The first-order valence-corrected chi connectivity index (χ1v) is 5.96. The molecule has 0 bridgehead atoms. The normalized spacial score (nSPS) is 10.3. The van der Waals surface area contributed by atoms with Crippen LogP contribution in [0.25, 0.3) is 5.69 Å². The van der Waals surface area contributed by atoms with Gasteiger partial charge in [-0.25, -0.2) is 13.9 Å². The fourth-order valence-corrected chi connectivity index (χ4v) is 1.78. The zero-order valence-electron chi connectivity index (χ0n) is 9.76. The monoisotopic (exact) mass is 326 g/mol. The van der Waals surface area contributed by atoms with Gasteiger partial charge in [-0.3, -0.25) is 4.79 Å². The minimum Gasteiger partial charge on any atom is -0.464 e. The number of rotatable bonds is 2. The number of ether oxygens (including phenoxy) is 1. The van der Waals surface area contributed by atoms with Gasteiger partial charge in [0.25, 0.3) is 0 Å². The number of esters is 1. The largest absolute Gasteiger partial charge is 0.464 e. The second kappa shape index (κ2) is 5.31. The van der Waals surface area contributed by atoms with Gasteiger partial charge in [0, 0.05) is 12.3 Å². The van der Waals surface area contributed by atoms with E-state index in [4.69, 9.17) is 0 Å². The van der Waals surface area contributed by atoms with Crippen LogP contribution in [-0.4, -0.2) is 22.9 Å². The van der Waals surface area contributed by atoms with Crippen LogP contribution >= 0.6 is 15.9 Å². The summed E-state index contributed by atoms with van der Waals surface area (Å²) >= 11 is 3.05. The average Bonchev–Trinajstić information content (AvgIpc) is 2.41. The number of carbonyl (C=O) groups is 1. The van der Waals surface area contributed by atoms with Gasteiger partial charge >= 0.3 is 5.97 Å². The van der Waals surface area contributed by atoms with E-state index in [9.17, 15) is 14.0 Å². The van der Waals surface area contributed by atoms with Gasteiger partial charge in [0.1, 0.15) is 5.82 Å². The maximum atomic E-state index is 13.1. The quantitative estimate of drug-likeness (QED) is 0.791. The molecule has 2 rings (SSSR count). The number of aromatic nitrogens is 2. The first-order chi connectivity index (χ1) is 9.02. The summed E-state index contributed by atoms with van der Waals surface area (Å²) in [6, 6.07) is 5.39. The molecule has 19 heavy (non-hydrogen) atoms. The van der Waals surface area contributed by atoms with Gasteiger partial charge in [0.15, 0.2) is 0 Å². The molecule has 0 atom stereocenters. The van der Waals surface area contributed by atoms with Crippen molar-refractivity contribution in [2.45, 2.75) is 0 Å². The molecule has 1 aromatic heterocycles. The van der Waals surface area contributed by atoms with Crippen LogP contribution in [-0.2, 0) is 4.74 Å². The summed E-state index contributed by atoms with van der Waals surface area (Å²) in [6.07, 6.45) is 1.38. The number of nitrogens with zero attached hydrogens (tertiary/aromatic N) is 2. The minimum atomic E-state index is -0.819. The molecule has 98 valence electrons.